The third kappa shape index (κ3) is 4.36. The fourth-order valence-electron chi connectivity index (χ4n) is 1.38. The van der Waals surface area contributed by atoms with Gasteiger partial charge in [-0.15, -0.1) is 16.3 Å². The normalized spacial score (nSPS) is 10.7. The lowest BCUT2D eigenvalue weighted by molar-refractivity contribution is 0.214. The van der Waals surface area contributed by atoms with E-state index in [9.17, 15) is 0 Å². The Morgan fingerprint density at radius 1 is 1.26 bits per heavy atom. The molecule has 0 aliphatic rings. The van der Waals surface area contributed by atoms with Crippen LogP contribution in [0.2, 0.25) is 0 Å². The van der Waals surface area contributed by atoms with Crippen molar-refractivity contribution in [1.29, 1.82) is 0 Å². The summed E-state index contributed by atoms with van der Waals surface area (Å²) in [6.07, 6.45) is 0.782. The molecule has 19 heavy (non-hydrogen) atoms. The van der Waals surface area contributed by atoms with Crippen LogP contribution in [0.3, 0.4) is 0 Å². The second-order valence-corrected chi connectivity index (χ2v) is 5.14. The SMILES string of the molecule is CC(C)Oc1nc(N)nc(OCCc2cccs2)n1. The van der Waals surface area contributed by atoms with Gasteiger partial charge in [0.2, 0.25) is 5.95 Å². The van der Waals surface area contributed by atoms with E-state index in [-0.39, 0.29) is 24.1 Å². The van der Waals surface area contributed by atoms with Crippen LogP contribution in [0, 0.1) is 0 Å². The fraction of sp³-hybridized carbons (Fsp3) is 0.417. The maximum Gasteiger partial charge on any atom is 0.324 e. The number of nitrogens with two attached hydrogens (primary N) is 1. The molecule has 6 nitrogen and oxygen atoms in total. The van der Waals surface area contributed by atoms with Crippen molar-refractivity contribution in [3.05, 3.63) is 22.4 Å². The van der Waals surface area contributed by atoms with Gasteiger partial charge in [-0.3, -0.25) is 0 Å². The lowest BCUT2D eigenvalue weighted by Gasteiger charge is -2.09. The van der Waals surface area contributed by atoms with Crippen LogP contribution >= 0.6 is 11.3 Å². The van der Waals surface area contributed by atoms with Gasteiger partial charge >= 0.3 is 12.0 Å². The number of hydrogen-bond acceptors (Lipinski definition) is 7. The van der Waals surface area contributed by atoms with Crippen molar-refractivity contribution in [2.75, 3.05) is 12.3 Å². The highest BCUT2D eigenvalue weighted by Crippen LogP contribution is 2.13. The lowest BCUT2D eigenvalue weighted by atomic mass is 10.4. The van der Waals surface area contributed by atoms with E-state index in [0.717, 1.165) is 6.42 Å². The number of anilines is 1. The molecule has 0 spiro atoms. The molecule has 2 aromatic heterocycles. The first-order valence-corrected chi connectivity index (χ1v) is 6.85. The molecular formula is C12H16N4O2S. The molecule has 0 saturated carbocycles. The minimum Gasteiger partial charge on any atom is -0.463 e. The van der Waals surface area contributed by atoms with Crippen LogP contribution in [0.4, 0.5) is 5.95 Å². The van der Waals surface area contributed by atoms with Crippen LogP contribution in [-0.4, -0.2) is 27.7 Å². The molecule has 0 radical (unpaired) electrons. The van der Waals surface area contributed by atoms with E-state index >= 15 is 0 Å². The molecule has 0 saturated heterocycles. The van der Waals surface area contributed by atoms with Crippen molar-refractivity contribution in [2.24, 2.45) is 0 Å². The smallest absolute Gasteiger partial charge is 0.324 e. The molecule has 0 aliphatic heterocycles. The molecule has 7 heteroatoms. The summed E-state index contributed by atoms with van der Waals surface area (Å²) < 4.78 is 10.8. The van der Waals surface area contributed by atoms with E-state index in [1.165, 1.54) is 4.88 Å². The Balaban J connectivity index is 1.93. The van der Waals surface area contributed by atoms with Crippen LogP contribution < -0.4 is 15.2 Å². The Morgan fingerprint density at radius 3 is 2.74 bits per heavy atom. The molecule has 0 aromatic carbocycles. The van der Waals surface area contributed by atoms with Crippen molar-refractivity contribution >= 4 is 17.3 Å². The summed E-state index contributed by atoms with van der Waals surface area (Å²) in [7, 11) is 0. The first kappa shape index (κ1) is 13.5. The van der Waals surface area contributed by atoms with Gasteiger partial charge in [0, 0.05) is 11.3 Å². The van der Waals surface area contributed by atoms with Crippen LogP contribution in [0.1, 0.15) is 18.7 Å². The maximum atomic E-state index is 5.58. The third-order valence-electron chi connectivity index (χ3n) is 2.11. The van der Waals surface area contributed by atoms with Crippen molar-refractivity contribution in [3.8, 4) is 12.0 Å². The monoisotopic (exact) mass is 280 g/mol. The Bertz CT molecular complexity index is 516. The average molecular weight is 280 g/mol. The summed E-state index contributed by atoms with van der Waals surface area (Å²) in [5.74, 6) is 0.0942. The number of thiophene rings is 1. The van der Waals surface area contributed by atoms with Crippen LogP contribution in [0.5, 0.6) is 12.0 Å². The average Bonchev–Trinajstić information content (AvgIpc) is 2.80. The highest BCUT2D eigenvalue weighted by molar-refractivity contribution is 7.09. The predicted molar refractivity (Wildman–Crippen MR) is 73.5 cm³/mol. The molecule has 2 rings (SSSR count). The highest BCUT2D eigenvalue weighted by Gasteiger charge is 2.08. The van der Waals surface area contributed by atoms with E-state index in [0.29, 0.717) is 6.61 Å². The standard InChI is InChI=1S/C12H16N4O2S/c1-8(2)18-12-15-10(13)14-11(16-12)17-6-5-9-4-3-7-19-9/h3-4,7-8H,5-6H2,1-2H3,(H2,13,14,15,16). The van der Waals surface area contributed by atoms with Gasteiger partial charge < -0.3 is 15.2 Å². The molecular weight excluding hydrogens is 264 g/mol. The Labute approximate surface area is 115 Å². The number of ether oxygens (including phenoxy) is 2. The highest BCUT2D eigenvalue weighted by atomic mass is 32.1. The van der Waals surface area contributed by atoms with Gasteiger partial charge in [0.25, 0.3) is 0 Å². The van der Waals surface area contributed by atoms with Crippen molar-refractivity contribution < 1.29 is 9.47 Å². The maximum absolute atomic E-state index is 5.58. The minimum absolute atomic E-state index is 0.0271. The lowest BCUT2D eigenvalue weighted by Crippen LogP contribution is -2.12. The first-order valence-electron chi connectivity index (χ1n) is 5.97. The van der Waals surface area contributed by atoms with E-state index in [2.05, 4.69) is 21.0 Å². The number of nitrogens with zero attached hydrogens (tertiary/aromatic N) is 3. The summed E-state index contributed by atoms with van der Waals surface area (Å²) in [6.45, 7) is 4.26. The van der Waals surface area contributed by atoms with Gasteiger partial charge in [-0.1, -0.05) is 6.07 Å². The van der Waals surface area contributed by atoms with Crippen LogP contribution in [0.15, 0.2) is 17.5 Å². The molecule has 0 amide bonds. The van der Waals surface area contributed by atoms with Gasteiger partial charge in [0.15, 0.2) is 0 Å². The molecule has 0 bridgehead atoms. The van der Waals surface area contributed by atoms with Crippen molar-refractivity contribution in [1.82, 2.24) is 15.0 Å². The minimum atomic E-state index is -0.0271. The number of rotatable bonds is 6. The van der Waals surface area contributed by atoms with Gasteiger partial charge in [0.05, 0.1) is 12.7 Å². The Kier molecular flexibility index (Phi) is 4.51. The second-order valence-electron chi connectivity index (χ2n) is 4.10. The van der Waals surface area contributed by atoms with E-state index < -0.39 is 0 Å². The Hall–Kier alpha value is -1.89. The van der Waals surface area contributed by atoms with Gasteiger partial charge in [-0.25, -0.2) is 0 Å². The molecule has 0 atom stereocenters. The zero-order valence-corrected chi connectivity index (χ0v) is 11.7. The molecule has 0 fully saturated rings. The predicted octanol–water partition coefficient (Wildman–Crippen LogP) is 1.92. The van der Waals surface area contributed by atoms with E-state index in [1.807, 2.05) is 25.3 Å². The van der Waals surface area contributed by atoms with Gasteiger partial charge in [-0.2, -0.15) is 9.97 Å². The van der Waals surface area contributed by atoms with Gasteiger partial charge in [-0.05, 0) is 25.3 Å². The summed E-state index contributed by atoms with van der Waals surface area (Å²) in [5.41, 5.74) is 5.58. The molecule has 102 valence electrons. The molecule has 2 aromatic rings. The quantitative estimate of drug-likeness (QED) is 0.870. The zero-order valence-electron chi connectivity index (χ0n) is 10.9. The summed E-state index contributed by atoms with van der Waals surface area (Å²) >= 11 is 1.69. The molecule has 2 N–H and O–H groups in total. The second kappa shape index (κ2) is 6.33. The van der Waals surface area contributed by atoms with E-state index in [4.69, 9.17) is 15.2 Å². The molecule has 2 heterocycles. The first-order chi connectivity index (χ1) is 9.13. The topological polar surface area (TPSA) is 83.2 Å². The third-order valence-corrected chi connectivity index (χ3v) is 3.05. The zero-order chi connectivity index (χ0) is 13.7. The number of aromatic nitrogens is 3. The summed E-state index contributed by atoms with van der Waals surface area (Å²) in [4.78, 5) is 13.1. The van der Waals surface area contributed by atoms with Crippen LogP contribution in [-0.2, 0) is 6.42 Å². The van der Waals surface area contributed by atoms with E-state index in [1.54, 1.807) is 11.3 Å². The van der Waals surface area contributed by atoms with Gasteiger partial charge in [0.1, 0.15) is 0 Å². The molecule has 0 unspecified atom stereocenters. The van der Waals surface area contributed by atoms with Crippen molar-refractivity contribution in [3.63, 3.8) is 0 Å². The molecule has 0 aliphatic carbocycles. The van der Waals surface area contributed by atoms with Crippen LogP contribution in [0.25, 0.3) is 0 Å². The largest absolute Gasteiger partial charge is 0.463 e. The fourth-order valence-corrected chi connectivity index (χ4v) is 2.07. The summed E-state index contributed by atoms with van der Waals surface area (Å²) in [5, 5.41) is 2.03. The number of nitrogen functional groups attached to an aromatic ring is 1. The van der Waals surface area contributed by atoms with Crippen molar-refractivity contribution in [2.45, 2.75) is 26.4 Å². The number of hydrogen-bond donors (Lipinski definition) is 1. The Morgan fingerprint density at radius 2 is 2.05 bits per heavy atom. The summed E-state index contributed by atoms with van der Waals surface area (Å²) in [6, 6.07) is 4.45.